The fraction of sp³-hybridized carbons (Fsp3) is 0.500. The molecule has 0 bridgehead atoms. The number of halogens is 1. The molecule has 0 spiro atoms. The first-order valence-electron chi connectivity index (χ1n) is 17.4. The van der Waals surface area contributed by atoms with Crippen LogP contribution >= 0.6 is 15.9 Å². The summed E-state index contributed by atoms with van der Waals surface area (Å²) in [5, 5.41) is 6.09. The molecule has 2 amide bonds. The van der Waals surface area contributed by atoms with Crippen molar-refractivity contribution in [1.29, 1.82) is 0 Å². The van der Waals surface area contributed by atoms with Crippen molar-refractivity contribution in [2.24, 2.45) is 5.41 Å². The zero-order valence-electron chi connectivity index (χ0n) is 31.2. The molecule has 0 aliphatic heterocycles. The Morgan fingerprint density at radius 2 is 1.37 bits per heavy atom. The van der Waals surface area contributed by atoms with Crippen molar-refractivity contribution >= 4 is 63.5 Å². The monoisotopic (exact) mass is 820 g/mol. The Labute approximate surface area is 323 Å². The van der Waals surface area contributed by atoms with Gasteiger partial charge in [0.05, 0.1) is 13.2 Å². The van der Waals surface area contributed by atoms with E-state index in [-0.39, 0.29) is 31.4 Å². The Balaban J connectivity index is 1.62. The maximum Gasteiger partial charge on any atom is 0.509 e. The summed E-state index contributed by atoms with van der Waals surface area (Å²) < 4.78 is 30.2. The molecule has 296 valence electrons. The molecule has 0 aliphatic rings. The SMILES string of the molecule is CC(=O)OCC(C)(COC(=O)OC(C)C(=O)OC(C)C(=O)OCCCCCNC(=O)Nc1ccc(CC(=O)c2ccc(C)cc2)cc1)C(=O)OCCCBr. The van der Waals surface area contributed by atoms with Crippen LogP contribution in [0.15, 0.2) is 48.5 Å². The van der Waals surface area contributed by atoms with Crippen LogP contribution in [0, 0.1) is 12.3 Å². The lowest BCUT2D eigenvalue weighted by Crippen LogP contribution is -2.41. The molecule has 2 rings (SSSR count). The lowest BCUT2D eigenvalue weighted by Gasteiger charge is -2.26. The molecule has 2 aromatic carbocycles. The summed E-state index contributed by atoms with van der Waals surface area (Å²) in [6.45, 7) is 6.52. The van der Waals surface area contributed by atoms with Crippen molar-refractivity contribution in [2.75, 3.05) is 43.6 Å². The second-order valence-electron chi connectivity index (χ2n) is 12.7. The summed E-state index contributed by atoms with van der Waals surface area (Å²) in [6.07, 6.45) is -1.55. The number of hydrogen-bond acceptors (Lipinski definition) is 13. The molecule has 3 unspecified atom stereocenters. The topological polar surface area (TPSA) is 199 Å². The average Bonchev–Trinajstić information content (AvgIpc) is 3.13. The number of aryl methyl sites for hydroxylation is 1. The van der Waals surface area contributed by atoms with E-state index in [0.717, 1.165) is 18.1 Å². The van der Waals surface area contributed by atoms with Crippen LogP contribution in [-0.4, -0.2) is 92.4 Å². The van der Waals surface area contributed by atoms with Gasteiger partial charge in [-0.25, -0.2) is 19.2 Å². The highest BCUT2D eigenvalue weighted by Gasteiger charge is 2.39. The van der Waals surface area contributed by atoms with Crippen LogP contribution in [0.1, 0.15) is 74.9 Å². The molecule has 0 saturated heterocycles. The van der Waals surface area contributed by atoms with E-state index in [2.05, 4.69) is 26.6 Å². The van der Waals surface area contributed by atoms with Crippen molar-refractivity contribution in [1.82, 2.24) is 5.32 Å². The minimum atomic E-state index is -1.54. The third-order valence-electron chi connectivity index (χ3n) is 7.64. The molecule has 2 aromatic rings. The van der Waals surface area contributed by atoms with E-state index in [4.69, 9.17) is 28.4 Å². The van der Waals surface area contributed by atoms with Gasteiger partial charge < -0.3 is 39.1 Å². The van der Waals surface area contributed by atoms with E-state index < -0.39 is 60.9 Å². The maximum absolute atomic E-state index is 12.6. The molecule has 0 fully saturated rings. The van der Waals surface area contributed by atoms with Crippen LogP contribution in [0.4, 0.5) is 15.3 Å². The zero-order valence-corrected chi connectivity index (χ0v) is 32.8. The smallest absolute Gasteiger partial charge is 0.465 e. The Bertz CT molecular complexity index is 1570. The van der Waals surface area contributed by atoms with Gasteiger partial charge in [-0.3, -0.25) is 14.4 Å². The molecule has 3 atom stereocenters. The number of Topliss-reactive ketones (excluding diaryl/α,β-unsaturated/α-hetero) is 1. The lowest BCUT2D eigenvalue weighted by molar-refractivity contribution is -0.172. The Kier molecular flexibility index (Phi) is 19.8. The highest BCUT2D eigenvalue weighted by Crippen LogP contribution is 2.21. The molecular formula is C38H49BrN2O13. The second kappa shape index (κ2) is 23.6. The second-order valence-corrected chi connectivity index (χ2v) is 13.5. The van der Waals surface area contributed by atoms with Crippen molar-refractivity contribution in [3.63, 3.8) is 0 Å². The highest BCUT2D eigenvalue weighted by atomic mass is 79.9. The minimum Gasteiger partial charge on any atom is -0.465 e. The van der Waals surface area contributed by atoms with E-state index in [1.54, 1.807) is 24.3 Å². The number of esters is 4. The van der Waals surface area contributed by atoms with Crippen molar-refractivity contribution in [2.45, 2.75) is 78.9 Å². The van der Waals surface area contributed by atoms with Gasteiger partial charge in [-0.05, 0) is 71.1 Å². The van der Waals surface area contributed by atoms with Gasteiger partial charge in [-0.2, -0.15) is 0 Å². The number of benzene rings is 2. The number of rotatable bonds is 22. The molecule has 54 heavy (non-hydrogen) atoms. The number of carbonyl (C=O) groups excluding carboxylic acids is 7. The van der Waals surface area contributed by atoms with E-state index in [1.165, 1.54) is 20.8 Å². The molecule has 0 radical (unpaired) electrons. The number of nitrogens with one attached hydrogen (secondary N) is 2. The number of ketones is 1. The Morgan fingerprint density at radius 3 is 2.02 bits per heavy atom. The van der Waals surface area contributed by atoms with Gasteiger partial charge in [0, 0.05) is 36.5 Å². The number of anilines is 1. The first-order chi connectivity index (χ1) is 25.6. The van der Waals surface area contributed by atoms with Crippen LogP contribution in [0.3, 0.4) is 0 Å². The van der Waals surface area contributed by atoms with Crippen LogP contribution in [0.5, 0.6) is 0 Å². The van der Waals surface area contributed by atoms with Gasteiger partial charge in [-0.1, -0.05) is 57.9 Å². The van der Waals surface area contributed by atoms with Crippen molar-refractivity contribution in [3.8, 4) is 0 Å². The van der Waals surface area contributed by atoms with Crippen molar-refractivity contribution in [3.05, 3.63) is 65.2 Å². The summed E-state index contributed by atoms with van der Waals surface area (Å²) in [4.78, 5) is 85.6. The largest absolute Gasteiger partial charge is 0.509 e. The van der Waals surface area contributed by atoms with Gasteiger partial charge in [-0.15, -0.1) is 0 Å². The predicted molar refractivity (Wildman–Crippen MR) is 199 cm³/mol. The summed E-state index contributed by atoms with van der Waals surface area (Å²) in [6, 6.07) is 14.1. The number of amides is 2. The van der Waals surface area contributed by atoms with Crippen LogP contribution < -0.4 is 10.6 Å². The molecule has 0 aliphatic carbocycles. The number of carbonyl (C=O) groups is 7. The van der Waals surface area contributed by atoms with E-state index in [0.29, 0.717) is 48.8 Å². The molecule has 0 heterocycles. The van der Waals surface area contributed by atoms with Crippen LogP contribution in [0.2, 0.25) is 0 Å². The van der Waals surface area contributed by atoms with E-state index in [9.17, 15) is 33.6 Å². The summed E-state index contributed by atoms with van der Waals surface area (Å²) >= 11 is 3.22. The normalized spacial score (nSPS) is 12.9. The van der Waals surface area contributed by atoms with Gasteiger partial charge >= 0.3 is 36.1 Å². The number of urea groups is 1. The van der Waals surface area contributed by atoms with Crippen molar-refractivity contribution < 1.29 is 62.0 Å². The molecule has 16 heteroatoms. The fourth-order valence-corrected chi connectivity index (χ4v) is 4.61. The minimum absolute atomic E-state index is 0.0126. The summed E-state index contributed by atoms with van der Waals surface area (Å²) in [5.74, 6) is -3.25. The Hall–Kier alpha value is -4.99. The summed E-state index contributed by atoms with van der Waals surface area (Å²) in [7, 11) is 0. The van der Waals surface area contributed by atoms with Gasteiger partial charge in [0.1, 0.15) is 18.6 Å². The first-order valence-corrected chi connectivity index (χ1v) is 18.6. The van der Waals surface area contributed by atoms with E-state index in [1.807, 2.05) is 31.2 Å². The number of unbranched alkanes of at least 4 members (excludes halogenated alkanes) is 2. The van der Waals surface area contributed by atoms with Gasteiger partial charge in [0.25, 0.3) is 0 Å². The predicted octanol–water partition coefficient (Wildman–Crippen LogP) is 5.63. The zero-order chi connectivity index (χ0) is 40.1. The fourth-order valence-electron chi connectivity index (χ4n) is 4.38. The average molecular weight is 822 g/mol. The molecule has 0 aromatic heterocycles. The molecule has 2 N–H and O–H groups in total. The van der Waals surface area contributed by atoms with E-state index >= 15 is 0 Å². The molecular weight excluding hydrogens is 772 g/mol. The highest BCUT2D eigenvalue weighted by molar-refractivity contribution is 9.09. The van der Waals surface area contributed by atoms with Crippen LogP contribution in [0.25, 0.3) is 0 Å². The summed E-state index contributed by atoms with van der Waals surface area (Å²) in [5.41, 5.74) is 1.61. The number of ether oxygens (including phenoxy) is 6. The quantitative estimate of drug-likeness (QED) is 0.0488. The molecule has 0 saturated carbocycles. The van der Waals surface area contributed by atoms with Gasteiger partial charge in [0.15, 0.2) is 18.0 Å². The number of alkyl halides is 1. The first kappa shape index (κ1) is 45.2. The standard InChI is InChI=1S/C38H49BrN2O13/c1-25-10-14-30(15-11-25)32(43)22-29-12-16-31(17-13-29)41-36(47)40-19-7-6-8-20-49-33(44)26(2)53-34(45)27(3)54-37(48)52-24-38(5,23-51-28(4)42)35(46)50-21-9-18-39/h10-17,26-27H,6-9,18-24H2,1-5H3,(H2,40,41,47). The third kappa shape index (κ3) is 17.2. The molecule has 15 nitrogen and oxygen atoms in total. The maximum atomic E-state index is 12.6. The third-order valence-corrected chi connectivity index (χ3v) is 8.20. The Morgan fingerprint density at radius 1 is 0.741 bits per heavy atom. The lowest BCUT2D eigenvalue weighted by atomic mass is 9.93. The van der Waals surface area contributed by atoms with Crippen LogP contribution in [-0.2, 0) is 54.0 Å². The number of hydrogen-bond donors (Lipinski definition) is 2. The van der Waals surface area contributed by atoms with Gasteiger partial charge in [0.2, 0.25) is 0 Å².